The summed E-state index contributed by atoms with van der Waals surface area (Å²) in [5.41, 5.74) is 2.70. The van der Waals surface area contributed by atoms with Gasteiger partial charge >= 0.3 is 0 Å². The fourth-order valence-corrected chi connectivity index (χ4v) is 3.40. The van der Waals surface area contributed by atoms with Crippen molar-refractivity contribution in [2.75, 3.05) is 6.26 Å². The van der Waals surface area contributed by atoms with Gasteiger partial charge in [-0.05, 0) is 43.0 Å². The highest BCUT2D eigenvalue weighted by Crippen LogP contribution is 2.23. The number of carbonyl (C=O) groups excluding carboxylic acids is 1. The van der Waals surface area contributed by atoms with Crippen LogP contribution in [0.25, 0.3) is 11.5 Å². The molecule has 0 bridgehead atoms. The number of aryl methyl sites for hydroxylation is 1. The van der Waals surface area contributed by atoms with Crippen molar-refractivity contribution in [1.82, 2.24) is 10.3 Å². The van der Waals surface area contributed by atoms with Crippen LogP contribution in [0, 0.1) is 6.92 Å². The quantitative estimate of drug-likeness (QED) is 0.705. The van der Waals surface area contributed by atoms with Crippen LogP contribution in [-0.4, -0.2) is 17.1 Å². The Morgan fingerprint density at radius 3 is 2.71 bits per heavy atom. The van der Waals surface area contributed by atoms with E-state index < -0.39 is 0 Å². The first-order chi connectivity index (χ1) is 11.7. The number of furan rings is 1. The number of thioether (sulfide) groups is 1. The molecule has 3 aromatic rings. The van der Waals surface area contributed by atoms with E-state index in [-0.39, 0.29) is 5.91 Å². The molecule has 124 valence electrons. The summed E-state index contributed by atoms with van der Waals surface area (Å²) in [6.07, 6.45) is 2.06. The Morgan fingerprint density at radius 2 is 2.04 bits per heavy atom. The molecule has 4 nitrogen and oxygen atoms in total. The van der Waals surface area contributed by atoms with Crippen molar-refractivity contribution in [1.29, 1.82) is 0 Å². The molecule has 0 saturated carbocycles. The lowest BCUT2D eigenvalue weighted by atomic mass is 10.1. The summed E-state index contributed by atoms with van der Waals surface area (Å²) < 4.78 is 5.75. The third kappa shape index (κ3) is 4.07. The Balaban J connectivity index is 1.59. The number of aromatic nitrogens is 1. The Hall–Kier alpha value is -2.05. The molecule has 0 atom stereocenters. The van der Waals surface area contributed by atoms with Gasteiger partial charge in [-0.1, -0.05) is 12.1 Å². The second kappa shape index (κ2) is 7.68. The average Bonchev–Trinajstić information content (AvgIpc) is 3.22. The number of carbonyl (C=O) groups is 1. The molecule has 2 heterocycles. The average molecular weight is 358 g/mol. The van der Waals surface area contributed by atoms with Crippen LogP contribution in [0.15, 0.2) is 46.2 Å². The molecule has 0 aliphatic rings. The Kier molecular flexibility index (Phi) is 5.37. The van der Waals surface area contributed by atoms with Gasteiger partial charge in [-0.25, -0.2) is 4.98 Å². The van der Waals surface area contributed by atoms with Crippen molar-refractivity contribution in [2.45, 2.75) is 19.2 Å². The van der Waals surface area contributed by atoms with Crippen LogP contribution in [0.1, 0.15) is 26.7 Å². The van der Waals surface area contributed by atoms with Crippen LogP contribution in [0.3, 0.4) is 0 Å². The predicted octanol–water partition coefficient (Wildman–Crippen LogP) is 4.50. The predicted molar refractivity (Wildman–Crippen MR) is 99.4 cm³/mol. The number of rotatable bonds is 6. The molecule has 0 fully saturated rings. The van der Waals surface area contributed by atoms with Crippen LogP contribution in [0.2, 0.25) is 0 Å². The first-order valence-corrected chi connectivity index (χ1v) is 9.80. The summed E-state index contributed by atoms with van der Waals surface area (Å²) in [4.78, 5) is 16.6. The van der Waals surface area contributed by atoms with Crippen LogP contribution < -0.4 is 5.32 Å². The van der Waals surface area contributed by atoms with E-state index in [0.717, 1.165) is 22.2 Å². The van der Waals surface area contributed by atoms with E-state index in [2.05, 4.69) is 16.6 Å². The lowest BCUT2D eigenvalue weighted by molar-refractivity contribution is 0.0948. The van der Waals surface area contributed by atoms with Gasteiger partial charge in [0.1, 0.15) is 11.5 Å². The number of hydrogen-bond acceptors (Lipinski definition) is 5. The molecular formula is C18H18N2O2S2. The number of nitrogens with one attached hydrogen (secondary N) is 1. The second-order valence-electron chi connectivity index (χ2n) is 5.33. The first kappa shape index (κ1) is 16.8. The summed E-state index contributed by atoms with van der Waals surface area (Å²) >= 11 is 3.35. The molecule has 1 aromatic carbocycles. The molecule has 6 heteroatoms. The van der Waals surface area contributed by atoms with Gasteiger partial charge in [0.15, 0.2) is 5.76 Å². The van der Waals surface area contributed by atoms with Gasteiger partial charge in [-0.3, -0.25) is 4.79 Å². The molecule has 0 aliphatic carbocycles. The van der Waals surface area contributed by atoms with Crippen LogP contribution in [-0.2, 0) is 12.3 Å². The molecule has 1 amide bonds. The van der Waals surface area contributed by atoms with E-state index in [4.69, 9.17) is 4.42 Å². The van der Waals surface area contributed by atoms with Crippen molar-refractivity contribution in [2.24, 2.45) is 0 Å². The standard InChI is InChI=1S/C18H18N2O2S2/c1-12-20-16(11-24-12)17-8-7-15(22-17)9-19-18(21)14-5-3-13(4-6-14)10-23-2/h3-8,11H,9-10H2,1-2H3,(H,19,21). The van der Waals surface area contributed by atoms with Crippen molar-refractivity contribution in [3.05, 3.63) is 63.7 Å². The van der Waals surface area contributed by atoms with E-state index in [1.807, 2.05) is 48.7 Å². The lowest BCUT2D eigenvalue weighted by Gasteiger charge is -2.04. The second-order valence-corrected chi connectivity index (χ2v) is 7.26. The summed E-state index contributed by atoms with van der Waals surface area (Å²) in [5.74, 6) is 2.29. The maximum Gasteiger partial charge on any atom is 0.251 e. The molecule has 0 spiro atoms. The van der Waals surface area contributed by atoms with E-state index >= 15 is 0 Å². The van der Waals surface area contributed by atoms with Crippen LogP contribution >= 0.6 is 23.1 Å². The number of thiazole rings is 1. The fourth-order valence-electron chi connectivity index (χ4n) is 2.28. The van der Waals surface area contributed by atoms with Gasteiger partial charge in [0.25, 0.3) is 5.91 Å². The minimum absolute atomic E-state index is 0.104. The van der Waals surface area contributed by atoms with Crippen molar-refractivity contribution < 1.29 is 9.21 Å². The minimum Gasteiger partial charge on any atom is -0.458 e. The highest BCUT2D eigenvalue weighted by atomic mass is 32.2. The Labute approximate surface area is 149 Å². The highest BCUT2D eigenvalue weighted by molar-refractivity contribution is 7.97. The van der Waals surface area contributed by atoms with Crippen LogP contribution in [0.5, 0.6) is 0 Å². The lowest BCUT2D eigenvalue weighted by Crippen LogP contribution is -2.22. The third-order valence-corrected chi connectivity index (χ3v) is 4.88. The maximum atomic E-state index is 12.2. The van der Waals surface area contributed by atoms with Crippen molar-refractivity contribution in [3.63, 3.8) is 0 Å². The zero-order chi connectivity index (χ0) is 16.9. The smallest absolute Gasteiger partial charge is 0.251 e. The monoisotopic (exact) mass is 358 g/mol. The molecule has 24 heavy (non-hydrogen) atoms. The number of amides is 1. The van der Waals surface area contributed by atoms with Gasteiger partial charge in [-0.2, -0.15) is 11.8 Å². The summed E-state index contributed by atoms with van der Waals surface area (Å²) in [6, 6.07) is 11.4. The van der Waals surface area contributed by atoms with Gasteiger partial charge in [0.2, 0.25) is 0 Å². The maximum absolute atomic E-state index is 12.2. The molecule has 0 aliphatic heterocycles. The van der Waals surface area contributed by atoms with Crippen molar-refractivity contribution in [3.8, 4) is 11.5 Å². The number of benzene rings is 1. The van der Waals surface area contributed by atoms with Gasteiger partial charge in [-0.15, -0.1) is 11.3 Å². The van der Waals surface area contributed by atoms with Crippen LogP contribution in [0.4, 0.5) is 0 Å². The Morgan fingerprint density at radius 1 is 1.25 bits per heavy atom. The van der Waals surface area contributed by atoms with Gasteiger partial charge < -0.3 is 9.73 Å². The third-order valence-electron chi connectivity index (χ3n) is 3.48. The summed E-state index contributed by atoms with van der Waals surface area (Å²) in [5, 5.41) is 5.85. The first-order valence-electron chi connectivity index (χ1n) is 7.53. The normalized spacial score (nSPS) is 10.8. The molecular weight excluding hydrogens is 340 g/mol. The summed E-state index contributed by atoms with van der Waals surface area (Å²) in [7, 11) is 0. The molecule has 0 saturated heterocycles. The van der Waals surface area contributed by atoms with E-state index in [9.17, 15) is 4.79 Å². The molecule has 0 unspecified atom stereocenters. The molecule has 2 aromatic heterocycles. The zero-order valence-corrected chi connectivity index (χ0v) is 15.2. The Bertz CT molecular complexity index is 822. The fraction of sp³-hybridized carbons (Fsp3) is 0.222. The highest BCUT2D eigenvalue weighted by Gasteiger charge is 2.10. The number of hydrogen-bond donors (Lipinski definition) is 1. The van der Waals surface area contributed by atoms with Crippen molar-refractivity contribution >= 4 is 29.0 Å². The zero-order valence-electron chi connectivity index (χ0n) is 13.5. The SMILES string of the molecule is CSCc1ccc(C(=O)NCc2ccc(-c3csc(C)n3)o2)cc1. The summed E-state index contributed by atoms with van der Waals surface area (Å²) in [6.45, 7) is 2.32. The van der Waals surface area contributed by atoms with E-state index in [1.54, 1.807) is 23.1 Å². The molecule has 1 N–H and O–H groups in total. The van der Waals surface area contributed by atoms with Gasteiger partial charge in [0.05, 0.1) is 11.6 Å². The molecule has 0 radical (unpaired) electrons. The topological polar surface area (TPSA) is 55.1 Å². The molecule has 3 rings (SSSR count). The minimum atomic E-state index is -0.104. The van der Waals surface area contributed by atoms with E-state index in [0.29, 0.717) is 17.9 Å². The number of nitrogens with zero attached hydrogens (tertiary/aromatic N) is 1. The van der Waals surface area contributed by atoms with Gasteiger partial charge in [0, 0.05) is 16.7 Å². The van der Waals surface area contributed by atoms with E-state index in [1.165, 1.54) is 5.56 Å². The largest absolute Gasteiger partial charge is 0.458 e.